The largest absolute Gasteiger partial charge is 0.493 e. The van der Waals surface area contributed by atoms with Crippen molar-refractivity contribution in [1.82, 2.24) is 4.98 Å². The first-order chi connectivity index (χ1) is 13.6. The standard InChI is InChI=1S/C22H23N3O3/c1-15-5-4-6-16(11-15)13-23-21-10-7-17(14-24-21)22(26)25-18-8-9-19(27-2)20(12-18)28-3/h4-12,14H,13H2,1-3H3,(H,23,24)(H,25,26). The van der Waals surface area contributed by atoms with Crippen molar-refractivity contribution in [1.29, 1.82) is 0 Å². The first-order valence-corrected chi connectivity index (χ1v) is 8.88. The molecule has 6 heteroatoms. The summed E-state index contributed by atoms with van der Waals surface area (Å²) < 4.78 is 10.5. The Hall–Kier alpha value is -3.54. The van der Waals surface area contributed by atoms with Crippen LogP contribution in [0.1, 0.15) is 21.5 Å². The number of benzene rings is 2. The fraction of sp³-hybridized carbons (Fsp3) is 0.182. The predicted octanol–water partition coefficient (Wildman–Crippen LogP) is 4.27. The van der Waals surface area contributed by atoms with Crippen molar-refractivity contribution in [2.24, 2.45) is 0 Å². The topological polar surface area (TPSA) is 72.5 Å². The highest BCUT2D eigenvalue weighted by Gasteiger charge is 2.10. The maximum Gasteiger partial charge on any atom is 0.257 e. The van der Waals surface area contributed by atoms with E-state index in [9.17, 15) is 4.79 Å². The highest BCUT2D eigenvalue weighted by atomic mass is 16.5. The normalized spacial score (nSPS) is 10.2. The third-order valence-corrected chi connectivity index (χ3v) is 4.22. The Labute approximate surface area is 164 Å². The van der Waals surface area contributed by atoms with Gasteiger partial charge in [0.25, 0.3) is 5.91 Å². The van der Waals surface area contributed by atoms with Gasteiger partial charge in [0.2, 0.25) is 0 Å². The number of aromatic nitrogens is 1. The lowest BCUT2D eigenvalue weighted by molar-refractivity contribution is 0.102. The molecule has 28 heavy (non-hydrogen) atoms. The maximum atomic E-state index is 12.5. The minimum atomic E-state index is -0.245. The van der Waals surface area contributed by atoms with Gasteiger partial charge in [0, 0.05) is 24.5 Å². The van der Waals surface area contributed by atoms with Crippen LogP contribution in [0.15, 0.2) is 60.8 Å². The van der Waals surface area contributed by atoms with E-state index in [1.54, 1.807) is 50.7 Å². The number of nitrogens with zero attached hydrogens (tertiary/aromatic N) is 1. The Bertz CT molecular complexity index is 955. The van der Waals surface area contributed by atoms with Crippen LogP contribution in [-0.4, -0.2) is 25.1 Å². The molecule has 1 aromatic heterocycles. The second-order valence-electron chi connectivity index (χ2n) is 6.30. The van der Waals surface area contributed by atoms with Crippen LogP contribution >= 0.6 is 0 Å². The summed E-state index contributed by atoms with van der Waals surface area (Å²) in [6, 6.07) is 17.0. The molecule has 1 amide bonds. The van der Waals surface area contributed by atoms with E-state index in [0.29, 0.717) is 35.1 Å². The van der Waals surface area contributed by atoms with Gasteiger partial charge in [0.05, 0.1) is 19.8 Å². The first kappa shape index (κ1) is 19.2. The molecule has 0 radical (unpaired) electrons. The number of hydrogen-bond donors (Lipinski definition) is 2. The lowest BCUT2D eigenvalue weighted by atomic mass is 10.1. The van der Waals surface area contributed by atoms with Crippen molar-refractivity contribution < 1.29 is 14.3 Å². The van der Waals surface area contributed by atoms with E-state index in [1.165, 1.54) is 11.1 Å². The Kier molecular flexibility index (Phi) is 6.11. The zero-order valence-electron chi connectivity index (χ0n) is 16.2. The molecule has 3 rings (SSSR count). The van der Waals surface area contributed by atoms with Crippen LogP contribution in [-0.2, 0) is 6.54 Å². The Morgan fingerprint density at radius 3 is 2.50 bits per heavy atom. The number of amides is 1. The minimum absolute atomic E-state index is 0.245. The van der Waals surface area contributed by atoms with Gasteiger partial charge in [-0.05, 0) is 36.8 Å². The molecule has 3 aromatic rings. The Morgan fingerprint density at radius 1 is 1.00 bits per heavy atom. The molecular formula is C22H23N3O3. The molecule has 0 aliphatic heterocycles. The average molecular weight is 377 g/mol. The predicted molar refractivity (Wildman–Crippen MR) is 110 cm³/mol. The molecule has 0 saturated carbocycles. The van der Waals surface area contributed by atoms with Crippen LogP contribution in [0.4, 0.5) is 11.5 Å². The zero-order valence-corrected chi connectivity index (χ0v) is 16.2. The van der Waals surface area contributed by atoms with Gasteiger partial charge in [-0.3, -0.25) is 4.79 Å². The van der Waals surface area contributed by atoms with E-state index >= 15 is 0 Å². The Morgan fingerprint density at radius 2 is 1.82 bits per heavy atom. The molecular weight excluding hydrogens is 354 g/mol. The van der Waals surface area contributed by atoms with Crippen LogP contribution in [0.5, 0.6) is 11.5 Å². The van der Waals surface area contributed by atoms with Crippen LogP contribution in [0.25, 0.3) is 0 Å². The molecule has 0 fully saturated rings. The monoisotopic (exact) mass is 377 g/mol. The summed E-state index contributed by atoms with van der Waals surface area (Å²) in [5, 5.41) is 6.09. The molecule has 0 aliphatic rings. The van der Waals surface area contributed by atoms with Crippen molar-refractivity contribution in [3.05, 3.63) is 77.5 Å². The molecule has 0 saturated heterocycles. The molecule has 6 nitrogen and oxygen atoms in total. The number of anilines is 2. The molecule has 0 atom stereocenters. The van der Waals surface area contributed by atoms with Crippen molar-refractivity contribution >= 4 is 17.4 Å². The molecule has 0 spiro atoms. The van der Waals surface area contributed by atoms with Crippen molar-refractivity contribution in [3.63, 3.8) is 0 Å². The highest BCUT2D eigenvalue weighted by molar-refractivity contribution is 6.04. The number of carbonyl (C=O) groups excluding carboxylic acids is 1. The van der Waals surface area contributed by atoms with Gasteiger partial charge >= 0.3 is 0 Å². The SMILES string of the molecule is COc1ccc(NC(=O)c2ccc(NCc3cccc(C)c3)nc2)cc1OC. The first-order valence-electron chi connectivity index (χ1n) is 8.88. The van der Waals surface area contributed by atoms with Gasteiger partial charge in [-0.1, -0.05) is 29.8 Å². The van der Waals surface area contributed by atoms with Crippen molar-refractivity contribution in [2.45, 2.75) is 13.5 Å². The fourth-order valence-corrected chi connectivity index (χ4v) is 2.76. The van der Waals surface area contributed by atoms with Gasteiger partial charge in [-0.15, -0.1) is 0 Å². The fourth-order valence-electron chi connectivity index (χ4n) is 2.76. The van der Waals surface area contributed by atoms with E-state index in [2.05, 4.69) is 40.7 Å². The van der Waals surface area contributed by atoms with Crippen LogP contribution in [0.2, 0.25) is 0 Å². The number of nitrogens with one attached hydrogen (secondary N) is 2. The molecule has 1 heterocycles. The van der Waals surface area contributed by atoms with Gasteiger partial charge in [-0.25, -0.2) is 4.98 Å². The number of hydrogen-bond acceptors (Lipinski definition) is 5. The van der Waals surface area contributed by atoms with Crippen LogP contribution in [0.3, 0.4) is 0 Å². The van der Waals surface area contributed by atoms with E-state index in [1.807, 2.05) is 6.07 Å². The summed E-state index contributed by atoms with van der Waals surface area (Å²) in [5.41, 5.74) is 3.48. The number of carbonyl (C=O) groups is 1. The van der Waals surface area contributed by atoms with E-state index in [-0.39, 0.29) is 5.91 Å². The molecule has 144 valence electrons. The van der Waals surface area contributed by atoms with Gasteiger partial charge in [0.15, 0.2) is 11.5 Å². The minimum Gasteiger partial charge on any atom is -0.493 e. The third kappa shape index (κ3) is 4.79. The van der Waals surface area contributed by atoms with Gasteiger partial charge in [-0.2, -0.15) is 0 Å². The molecule has 2 N–H and O–H groups in total. The Balaban J connectivity index is 1.62. The van der Waals surface area contributed by atoms with E-state index in [0.717, 1.165) is 0 Å². The number of pyridine rings is 1. The number of ether oxygens (including phenoxy) is 2. The van der Waals surface area contributed by atoms with Crippen molar-refractivity contribution in [3.8, 4) is 11.5 Å². The molecule has 0 aliphatic carbocycles. The third-order valence-electron chi connectivity index (χ3n) is 4.22. The quantitative estimate of drug-likeness (QED) is 0.643. The molecule has 2 aromatic carbocycles. The van der Waals surface area contributed by atoms with Crippen LogP contribution in [0, 0.1) is 6.92 Å². The second kappa shape index (κ2) is 8.90. The summed E-state index contributed by atoms with van der Waals surface area (Å²) in [7, 11) is 3.12. The summed E-state index contributed by atoms with van der Waals surface area (Å²) in [6.45, 7) is 2.74. The molecule has 0 unspecified atom stereocenters. The highest BCUT2D eigenvalue weighted by Crippen LogP contribution is 2.29. The summed E-state index contributed by atoms with van der Waals surface area (Å²) in [5.74, 6) is 1.62. The summed E-state index contributed by atoms with van der Waals surface area (Å²) in [4.78, 5) is 16.8. The number of rotatable bonds is 7. The second-order valence-corrected chi connectivity index (χ2v) is 6.30. The van der Waals surface area contributed by atoms with Gasteiger partial charge < -0.3 is 20.1 Å². The summed E-state index contributed by atoms with van der Waals surface area (Å²) >= 11 is 0. The number of aryl methyl sites for hydroxylation is 1. The number of methoxy groups -OCH3 is 2. The smallest absolute Gasteiger partial charge is 0.257 e. The lowest BCUT2D eigenvalue weighted by Crippen LogP contribution is -2.12. The lowest BCUT2D eigenvalue weighted by Gasteiger charge is -2.11. The maximum absolute atomic E-state index is 12.5. The van der Waals surface area contributed by atoms with E-state index in [4.69, 9.17) is 9.47 Å². The average Bonchev–Trinajstić information content (AvgIpc) is 2.72. The van der Waals surface area contributed by atoms with Gasteiger partial charge in [0.1, 0.15) is 5.82 Å². The summed E-state index contributed by atoms with van der Waals surface area (Å²) in [6.07, 6.45) is 1.55. The van der Waals surface area contributed by atoms with Crippen LogP contribution < -0.4 is 20.1 Å². The molecule has 0 bridgehead atoms. The zero-order chi connectivity index (χ0) is 19.9. The van der Waals surface area contributed by atoms with Crippen molar-refractivity contribution in [2.75, 3.05) is 24.9 Å². The van der Waals surface area contributed by atoms with E-state index < -0.39 is 0 Å².